The SMILES string of the molecule is CC1(C)[C@H]2Cc3c(O)cccc3[C@]1(C)CCN2C(=O)[C@@H]1CCC(NS(=O)(=O)c2cccc(F)c2)C1. The van der Waals surface area contributed by atoms with Crippen molar-refractivity contribution in [2.45, 2.75) is 75.3 Å². The lowest BCUT2D eigenvalue weighted by atomic mass is 9.51. The molecule has 2 bridgehead atoms. The van der Waals surface area contributed by atoms with Crippen LogP contribution >= 0.6 is 0 Å². The van der Waals surface area contributed by atoms with E-state index in [0.29, 0.717) is 32.2 Å². The monoisotopic (exact) mass is 500 g/mol. The Morgan fingerprint density at radius 2 is 1.89 bits per heavy atom. The second-order valence-electron chi connectivity index (χ2n) is 11.1. The van der Waals surface area contributed by atoms with E-state index in [-0.39, 0.29) is 45.4 Å². The van der Waals surface area contributed by atoms with E-state index < -0.39 is 15.8 Å². The Balaban J connectivity index is 1.33. The van der Waals surface area contributed by atoms with Crippen LogP contribution in [0.4, 0.5) is 4.39 Å². The number of halogens is 1. The Bertz CT molecular complexity index is 1280. The highest BCUT2D eigenvalue weighted by Gasteiger charge is 2.57. The molecule has 3 aliphatic rings. The fourth-order valence-corrected chi connectivity index (χ4v) is 7.97. The summed E-state index contributed by atoms with van der Waals surface area (Å²) in [6.07, 6.45) is 3.02. The number of fused-ring (bicyclic) bond motifs is 4. The lowest BCUT2D eigenvalue weighted by Crippen LogP contribution is -2.65. The molecule has 2 fully saturated rings. The summed E-state index contributed by atoms with van der Waals surface area (Å²) in [5, 5.41) is 10.6. The van der Waals surface area contributed by atoms with Crippen LogP contribution in [0.3, 0.4) is 0 Å². The second-order valence-corrected chi connectivity index (χ2v) is 12.9. The number of amides is 1. The lowest BCUT2D eigenvalue weighted by Gasteiger charge is -2.61. The van der Waals surface area contributed by atoms with Gasteiger partial charge in [-0.15, -0.1) is 0 Å². The zero-order valence-electron chi connectivity index (χ0n) is 20.4. The number of hydrogen-bond donors (Lipinski definition) is 2. The van der Waals surface area contributed by atoms with Crippen LogP contribution in [0, 0.1) is 17.2 Å². The summed E-state index contributed by atoms with van der Waals surface area (Å²) in [6.45, 7) is 7.32. The van der Waals surface area contributed by atoms with Gasteiger partial charge in [-0.1, -0.05) is 39.0 Å². The number of hydrogen-bond acceptors (Lipinski definition) is 4. The molecule has 1 unspecified atom stereocenters. The zero-order chi connectivity index (χ0) is 25.2. The maximum absolute atomic E-state index is 13.8. The minimum Gasteiger partial charge on any atom is -0.508 e. The van der Waals surface area contributed by atoms with Gasteiger partial charge in [-0.25, -0.2) is 17.5 Å². The molecule has 0 aromatic heterocycles. The number of likely N-dealkylation sites (tertiary alicyclic amines) is 1. The van der Waals surface area contributed by atoms with Gasteiger partial charge in [-0.2, -0.15) is 0 Å². The molecule has 188 valence electrons. The highest BCUT2D eigenvalue weighted by molar-refractivity contribution is 7.89. The molecular weight excluding hydrogens is 467 g/mol. The number of carbonyl (C=O) groups is 1. The van der Waals surface area contributed by atoms with Crippen molar-refractivity contribution in [1.82, 2.24) is 9.62 Å². The molecule has 35 heavy (non-hydrogen) atoms. The smallest absolute Gasteiger partial charge is 0.240 e. The van der Waals surface area contributed by atoms with Gasteiger partial charge < -0.3 is 10.0 Å². The average molecular weight is 501 g/mol. The lowest BCUT2D eigenvalue weighted by molar-refractivity contribution is -0.148. The van der Waals surface area contributed by atoms with E-state index in [1.54, 1.807) is 6.07 Å². The Kier molecular flexibility index (Phi) is 5.75. The van der Waals surface area contributed by atoms with E-state index in [0.717, 1.165) is 18.1 Å². The van der Waals surface area contributed by atoms with E-state index >= 15 is 0 Å². The first-order valence-electron chi connectivity index (χ1n) is 12.3. The van der Waals surface area contributed by atoms with Crippen molar-refractivity contribution in [3.63, 3.8) is 0 Å². The summed E-state index contributed by atoms with van der Waals surface area (Å²) in [5.41, 5.74) is 1.78. The molecule has 4 atom stereocenters. The van der Waals surface area contributed by atoms with Crippen molar-refractivity contribution >= 4 is 15.9 Å². The molecule has 5 rings (SSSR count). The number of nitrogens with zero attached hydrogens (tertiary/aromatic N) is 1. The number of benzene rings is 2. The van der Waals surface area contributed by atoms with Gasteiger partial charge in [0.25, 0.3) is 0 Å². The standard InChI is InChI=1S/C27H33FN2O4S/c1-26(2)24-16-21-22(8-5-9-23(21)31)27(26,3)12-13-30(24)25(32)17-10-11-19(14-17)29-35(33,34)20-7-4-6-18(28)15-20/h4-9,15,17,19,24,29,31H,10-14,16H2,1-3H3/t17-,19?,24-,27+/m1/s1. The average Bonchev–Trinajstić information content (AvgIpc) is 3.24. The summed E-state index contributed by atoms with van der Waals surface area (Å²) in [5.74, 6) is -0.513. The molecule has 1 saturated carbocycles. The molecule has 1 saturated heterocycles. The molecular formula is C27H33FN2O4S. The van der Waals surface area contributed by atoms with Crippen molar-refractivity contribution in [1.29, 1.82) is 0 Å². The Morgan fingerprint density at radius 3 is 2.63 bits per heavy atom. The fraction of sp³-hybridized carbons (Fsp3) is 0.519. The Labute approximate surface area is 206 Å². The van der Waals surface area contributed by atoms with Crippen LogP contribution in [0.5, 0.6) is 5.75 Å². The first kappa shape index (κ1) is 24.3. The van der Waals surface area contributed by atoms with Gasteiger partial charge in [0.1, 0.15) is 11.6 Å². The van der Waals surface area contributed by atoms with E-state index in [2.05, 4.69) is 31.6 Å². The molecule has 2 N–H and O–H groups in total. The summed E-state index contributed by atoms with van der Waals surface area (Å²) < 4.78 is 41.7. The molecule has 1 aliphatic heterocycles. The normalized spacial score (nSPS) is 29.6. The van der Waals surface area contributed by atoms with Gasteiger partial charge in [0.05, 0.1) is 4.90 Å². The molecule has 0 spiro atoms. The molecule has 0 radical (unpaired) electrons. The molecule has 1 heterocycles. The highest BCUT2D eigenvalue weighted by Crippen LogP contribution is 2.57. The second kappa shape index (κ2) is 8.30. The predicted octanol–water partition coefficient (Wildman–Crippen LogP) is 4.12. The van der Waals surface area contributed by atoms with Crippen LogP contribution in [0.15, 0.2) is 47.4 Å². The first-order valence-corrected chi connectivity index (χ1v) is 13.8. The zero-order valence-corrected chi connectivity index (χ0v) is 21.2. The van der Waals surface area contributed by atoms with Gasteiger partial charge in [0.2, 0.25) is 15.9 Å². The van der Waals surface area contributed by atoms with Crippen LogP contribution in [0.25, 0.3) is 0 Å². The minimum atomic E-state index is -3.86. The van der Waals surface area contributed by atoms with Crippen LogP contribution in [0.2, 0.25) is 0 Å². The van der Waals surface area contributed by atoms with Gasteiger partial charge >= 0.3 is 0 Å². The van der Waals surface area contributed by atoms with Crippen molar-refractivity contribution in [2.75, 3.05) is 6.54 Å². The van der Waals surface area contributed by atoms with Crippen molar-refractivity contribution in [2.24, 2.45) is 11.3 Å². The number of aromatic hydroxyl groups is 1. The van der Waals surface area contributed by atoms with Crippen LogP contribution in [0.1, 0.15) is 57.6 Å². The number of phenolic OH excluding ortho intramolecular Hbond substituents is 1. The molecule has 2 aliphatic carbocycles. The minimum absolute atomic E-state index is 0.0439. The summed E-state index contributed by atoms with van der Waals surface area (Å²) in [6, 6.07) is 10.3. The maximum Gasteiger partial charge on any atom is 0.240 e. The topological polar surface area (TPSA) is 86.7 Å². The third-order valence-electron chi connectivity index (χ3n) is 9.12. The summed E-state index contributed by atoms with van der Waals surface area (Å²) >= 11 is 0. The van der Waals surface area contributed by atoms with Crippen molar-refractivity contribution in [3.05, 3.63) is 59.4 Å². The third kappa shape index (κ3) is 3.85. The summed E-state index contributed by atoms with van der Waals surface area (Å²) in [7, 11) is -3.86. The Morgan fingerprint density at radius 1 is 1.14 bits per heavy atom. The first-order chi connectivity index (χ1) is 16.4. The summed E-state index contributed by atoms with van der Waals surface area (Å²) in [4.78, 5) is 15.6. The van der Waals surface area contributed by atoms with Gasteiger partial charge in [-0.05, 0) is 72.9 Å². The van der Waals surface area contributed by atoms with E-state index in [4.69, 9.17) is 0 Å². The number of rotatable bonds is 4. The van der Waals surface area contributed by atoms with E-state index in [1.807, 2.05) is 11.0 Å². The van der Waals surface area contributed by atoms with Crippen molar-refractivity contribution in [3.8, 4) is 5.75 Å². The third-order valence-corrected chi connectivity index (χ3v) is 10.6. The molecule has 2 aromatic carbocycles. The van der Waals surface area contributed by atoms with E-state index in [9.17, 15) is 22.7 Å². The maximum atomic E-state index is 13.8. The van der Waals surface area contributed by atoms with Gasteiger partial charge in [0, 0.05) is 30.0 Å². The quantitative estimate of drug-likeness (QED) is 0.661. The Hall–Kier alpha value is -2.45. The molecule has 2 aromatic rings. The highest BCUT2D eigenvalue weighted by atomic mass is 32.2. The van der Waals surface area contributed by atoms with Crippen LogP contribution in [-0.4, -0.2) is 43.0 Å². The van der Waals surface area contributed by atoms with Gasteiger partial charge in [-0.3, -0.25) is 4.79 Å². The number of carbonyl (C=O) groups excluding carboxylic acids is 1. The molecule has 1 amide bonds. The van der Waals surface area contributed by atoms with Crippen LogP contribution < -0.4 is 4.72 Å². The van der Waals surface area contributed by atoms with Crippen LogP contribution in [-0.2, 0) is 26.7 Å². The fourth-order valence-electron chi connectivity index (χ4n) is 6.66. The molecule has 8 heteroatoms. The largest absolute Gasteiger partial charge is 0.508 e. The number of sulfonamides is 1. The molecule has 6 nitrogen and oxygen atoms in total. The number of phenols is 1. The number of piperidine rings is 1. The number of nitrogens with one attached hydrogen (secondary N) is 1. The van der Waals surface area contributed by atoms with Crippen molar-refractivity contribution < 1.29 is 22.7 Å². The van der Waals surface area contributed by atoms with Gasteiger partial charge in [0.15, 0.2) is 0 Å². The predicted molar refractivity (Wildman–Crippen MR) is 131 cm³/mol. The van der Waals surface area contributed by atoms with E-state index in [1.165, 1.54) is 23.8 Å².